The first-order valence-electron chi connectivity index (χ1n) is 10.6. The van der Waals surface area contributed by atoms with E-state index in [9.17, 15) is 4.79 Å². The van der Waals surface area contributed by atoms with Crippen LogP contribution in [0.5, 0.6) is 0 Å². The Hall–Kier alpha value is -2.68. The molecule has 0 heterocycles. The lowest BCUT2D eigenvalue weighted by Crippen LogP contribution is -2.19. The highest BCUT2D eigenvalue weighted by Gasteiger charge is 2.28. The molecule has 0 N–H and O–H groups in total. The minimum Gasteiger partial charge on any atom is -0.357 e. The smallest absolute Gasteiger partial charge is 0.158 e. The first-order chi connectivity index (χ1) is 14.1. The van der Waals surface area contributed by atoms with E-state index in [1.165, 1.54) is 11.1 Å². The number of carbonyl (C=O) groups is 1. The van der Waals surface area contributed by atoms with Crippen molar-refractivity contribution < 1.29 is 9.63 Å². The Bertz CT molecular complexity index is 919. The Balaban J connectivity index is 2.27. The van der Waals surface area contributed by atoms with Crippen LogP contribution < -0.4 is 0 Å². The van der Waals surface area contributed by atoms with Gasteiger partial charge in [-0.05, 0) is 97.9 Å². The van der Waals surface area contributed by atoms with Gasteiger partial charge in [0.15, 0.2) is 5.76 Å². The average Bonchev–Trinajstić information content (AvgIpc) is 2.69. The standard InChI is InChI=1S/C27H35NO2/c1-9-22-17-27(7,8)13-11-26(22)24(10-2)21(6)30-28-20(5)23-15-18(3)25(12-14-29)19(4)16-23/h9-10,14-16H,2,6,11-13,17H2,1,3-5,7-8H3/b22-9-,26-24+,28-20+. The minimum absolute atomic E-state index is 0.306. The van der Waals surface area contributed by atoms with Crippen LogP contribution in [-0.2, 0) is 16.1 Å². The molecule has 0 aliphatic heterocycles. The lowest BCUT2D eigenvalue weighted by atomic mass is 9.71. The third kappa shape index (κ3) is 5.47. The molecule has 0 aromatic heterocycles. The van der Waals surface area contributed by atoms with Gasteiger partial charge in [0.2, 0.25) is 0 Å². The van der Waals surface area contributed by atoms with E-state index in [1.807, 2.05) is 39.0 Å². The Morgan fingerprint density at radius 2 is 1.90 bits per heavy atom. The van der Waals surface area contributed by atoms with Gasteiger partial charge in [-0.3, -0.25) is 0 Å². The van der Waals surface area contributed by atoms with Crippen molar-refractivity contribution in [2.45, 2.75) is 67.2 Å². The summed E-state index contributed by atoms with van der Waals surface area (Å²) in [5.41, 5.74) is 8.83. The first kappa shape index (κ1) is 23.6. The summed E-state index contributed by atoms with van der Waals surface area (Å²) in [7, 11) is 0. The highest BCUT2D eigenvalue weighted by molar-refractivity contribution is 5.98. The molecule has 1 saturated carbocycles. The van der Waals surface area contributed by atoms with Crippen LogP contribution in [0.1, 0.15) is 69.2 Å². The van der Waals surface area contributed by atoms with Crippen LogP contribution in [0.4, 0.5) is 0 Å². The molecule has 1 aliphatic rings. The number of allylic oxidation sites excluding steroid dienone is 4. The molecule has 3 nitrogen and oxygen atoms in total. The molecular formula is C27H35NO2. The van der Waals surface area contributed by atoms with Crippen molar-refractivity contribution in [2.24, 2.45) is 10.6 Å². The second kappa shape index (κ2) is 9.88. The molecule has 0 bridgehead atoms. The van der Waals surface area contributed by atoms with Crippen molar-refractivity contribution in [1.29, 1.82) is 0 Å². The van der Waals surface area contributed by atoms with Crippen molar-refractivity contribution in [3.63, 3.8) is 0 Å². The summed E-state index contributed by atoms with van der Waals surface area (Å²) in [4.78, 5) is 16.7. The number of oxime groups is 1. The number of hydrogen-bond acceptors (Lipinski definition) is 3. The number of rotatable bonds is 7. The fourth-order valence-corrected chi connectivity index (χ4v) is 4.16. The maximum Gasteiger partial charge on any atom is 0.158 e. The minimum atomic E-state index is 0.306. The summed E-state index contributed by atoms with van der Waals surface area (Å²) in [6.45, 7) is 20.8. The molecule has 0 spiro atoms. The molecule has 2 rings (SSSR count). The van der Waals surface area contributed by atoms with Crippen molar-refractivity contribution in [3.05, 3.63) is 82.2 Å². The molecule has 30 heavy (non-hydrogen) atoms. The second-order valence-electron chi connectivity index (χ2n) is 8.90. The van der Waals surface area contributed by atoms with Crippen molar-refractivity contribution in [1.82, 2.24) is 0 Å². The van der Waals surface area contributed by atoms with Gasteiger partial charge >= 0.3 is 0 Å². The van der Waals surface area contributed by atoms with E-state index in [-0.39, 0.29) is 0 Å². The van der Waals surface area contributed by atoms with Gasteiger partial charge in [0.1, 0.15) is 6.29 Å². The zero-order chi connectivity index (χ0) is 22.5. The number of aldehydes is 1. The van der Waals surface area contributed by atoms with Crippen LogP contribution in [0.15, 0.2) is 65.1 Å². The molecule has 3 heteroatoms. The number of benzene rings is 1. The van der Waals surface area contributed by atoms with Gasteiger partial charge in [-0.2, -0.15) is 0 Å². The predicted molar refractivity (Wildman–Crippen MR) is 127 cm³/mol. The molecule has 0 radical (unpaired) electrons. The Morgan fingerprint density at radius 1 is 1.27 bits per heavy atom. The normalized spacial score (nSPS) is 19.4. The van der Waals surface area contributed by atoms with Gasteiger partial charge in [0.25, 0.3) is 0 Å². The fourth-order valence-electron chi connectivity index (χ4n) is 4.16. The van der Waals surface area contributed by atoms with Gasteiger partial charge in [0, 0.05) is 12.0 Å². The van der Waals surface area contributed by atoms with E-state index < -0.39 is 0 Å². The van der Waals surface area contributed by atoms with E-state index in [4.69, 9.17) is 4.84 Å². The van der Waals surface area contributed by atoms with Crippen LogP contribution in [0.2, 0.25) is 0 Å². The van der Waals surface area contributed by atoms with E-state index in [1.54, 1.807) is 0 Å². The average molecular weight is 406 g/mol. The molecule has 0 saturated heterocycles. The third-order valence-corrected chi connectivity index (χ3v) is 5.98. The Morgan fingerprint density at radius 3 is 2.43 bits per heavy atom. The van der Waals surface area contributed by atoms with E-state index >= 15 is 0 Å². The lowest BCUT2D eigenvalue weighted by Gasteiger charge is -2.34. The van der Waals surface area contributed by atoms with Gasteiger partial charge in [-0.25, -0.2) is 0 Å². The summed E-state index contributed by atoms with van der Waals surface area (Å²) < 4.78 is 0. The van der Waals surface area contributed by atoms with Crippen LogP contribution >= 0.6 is 0 Å². The molecular weight excluding hydrogens is 370 g/mol. The van der Waals surface area contributed by atoms with Crippen molar-refractivity contribution in [3.8, 4) is 0 Å². The number of carbonyl (C=O) groups excluding carboxylic acids is 1. The van der Waals surface area contributed by atoms with Crippen LogP contribution in [-0.4, -0.2) is 12.0 Å². The molecule has 160 valence electrons. The molecule has 1 aromatic rings. The molecule has 0 amide bonds. The highest BCUT2D eigenvalue weighted by Crippen LogP contribution is 2.43. The van der Waals surface area contributed by atoms with Crippen LogP contribution in [0.25, 0.3) is 0 Å². The molecule has 1 aromatic carbocycles. The second-order valence-corrected chi connectivity index (χ2v) is 8.90. The number of aryl methyl sites for hydroxylation is 2. The maximum atomic E-state index is 10.9. The Labute approximate surface area is 181 Å². The Kier molecular flexibility index (Phi) is 7.77. The van der Waals surface area contributed by atoms with Crippen molar-refractivity contribution >= 4 is 12.0 Å². The van der Waals surface area contributed by atoms with Crippen LogP contribution in [0, 0.1) is 19.3 Å². The molecule has 1 aliphatic carbocycles. The van der Waals surface area contributed by atoms with Crippen LogP contribution in [0.3, 0.4) is 0 Å². The summed E-state index contributed by atoms with van der Waals surface area (Å²) in [5.74, 6) is 0.518. The first-order valence-corrected chi connectivity index (χ1v) is 10.6. The largest absolute Gasteiger partial charge is 0.357 e. The number of hydrogen-bond donors (Lipinski definition) is 0. The van der Waals surface area contributed by atoms with E-state index in [0.717, 1.165) is 59.1 Å². The zero-order valence-electron chi connectivity index (χ0n) is 19.4. The summed E-state index contributed by atoms with van der Waals surface area (Å²) in [6, 6.07) is 4.09. The topological polar surface area (TPSA) is 38.7 Å². The lowest BCUT2D eigenvalue weighted by molar-refractivity contribution is -0.107. The van der Waals surface area contributed by atoms with Gasteiger partial charge in [-0.15, -0.1) is 0 Å². The zero-order valence-corrected chi connectivity index (χ0v) is 19.4. The van der Waals surface area contributed by atoms with Gasteiger partial charge in [-0.1, -0.05) is 44.3 Å². The predicted octanol–water partition coefficient (Wildman–Crippen LogP) is 6.94. The van der Waals surface area contributed by atoms with Crippen molar-refractivity contribution in [2.75, 3.05) is 0 Å². The summed E-state index contributed by atoms with van der Waals surface area (Å²) >= 11 is 0. The number of nitrogens with zero attached hydrogens (tertiary/aromatic N) is 1. The quantitative estimate of drug-likeness (QED) is 0.213. The van der Waals surface area contributed by atoms with E-state index in [0.29, 0.717) is 17.6 Å². The SMILES string of the molecule is C=C/C(C(=C)O/N=C(\C)c1cc(C)c(CC=O)c(C)c1)=C1/CCC(C)(C)C/C1=C/C. The van der Waals surface area contributed by atoms with Gasteiger partial charge in [0.05, 0.1) is 5.71 Å². The summed E-state index contributed by atoms with van der Waals surface area (Å²) in [5, 5.41) is 4.34. The fraction of sp³-hybridized carbons (Fsp3) is 0.407. The van der Waals surface area contributed by atoms with Gasteiger partial charge < -0.3 is 9.63 Å². The third-order valence-electron chi connectivity index (χ3n) is 5.98. The molecule has 0 atom stereocenters. The monoisotopic (exact) mass is 405 g/mol. The molecule has 0 unspecified atom stereocenters. The summed E-state index contributed by atoms with van der Waals surface area (Å²) in [6.07, 6.45) is 8.53. The maximum absolute atomic E-state index is 10.9. The van der Waals surface area contributed by atoms with E-state index in [2.05, 4.69) is 45.2 Å². The molecule has 1 fully saturated rings. The highest BCUT2D eigenvalue weighted by atomic mass is 16.6.